The molecule has 32 heavy (non-hydrogen) atoms. The van der Waals surface area contributed by atoms with E-state index in [1.807, 2.05) is 54.6 Å². The quantitative estimate of drug-likeness (QED) is 0.345. The minimum absolute atomic E-state index is 0.0479. The molecule has 0 aliphatic carbocycles. The molecule has 0 aromatic heterocycles. The van der Waals surface area contributed by atoms with E-state index in [1.54, 1.807) is 23.1 Å². The largest absolute Gasteiger partial charge is 0.465 e. The van der Waals surface area contributed by atoms with E-state index in [9.17, 15) is 9.59 Å². The van der Waals surface area contributed by atoms with Gasteiger partial charge in [0.1, 0.15) is 0 Å². The van der Waals surface area contributed by atoms with Crippen LogP contribution >= 0.6 is 11.6 Å². The van der Waals surface area contributed by atoms with Crippen LogP contribution in [-0.2, 0) is 16.1 Å². The van der Waals surface area contributed by atoms with Crippen LogP contribution in [0.5, 0.6) is 0 Å². The van der Waals surface area contributed by atoms with Gasteiger partial charge in [-0.05, 0) is 52.9 Å². The number of rotatable bonds is 5. The SMILES string of the molecule is COC(=O)c1cccc(CN2C(=O)/C(=C(\c3ccc(Cl)cc3)C(C)C)c3ccccc32)c1. The van der Waals surface area contributed by atoms with Crippen molar-refractivity contribution >= 4 is 40.3 Å². The lowest BCUT2D eigenvalue weighted by molar-refractivity contribution is -0.113. The molecule has 4 rings (SSSR count). The molecular formula is C27H24ClNO3. The second-order valence-electron chi connectivity index (χ2n) is 8.05. The third-order valence-electron chi connectivity index (χ3n) is 5.61. The number of methoxy groups -OCH3 is 1. The van der Waals surface area contributed by atoms with Crippen LogP contribution in [0, 0.1) is 5.92 Å². The van der Waals surface area contributed by atoms with Crippen LogP contribution in [0.2, 0.25) is 5.02 Å². The lowest BCUT2D eigenvalue weighted by atomic mass is 9.88. The highest BCUT2D eigenvalue weighted by Crippen LogP contribution is 2.43. The number of hydrogen-bond acceptors (Lipinski definition) is 3. The van der Waals surface area contributed by atoms with Gasteiger partial charge < -0.3 is 9.64 Å². The summed E-state index contributed by atoms with van der Waals surface area (Å²) in [5.41, 5.74) is 5.78. The average Bonchev–Trinajstić information content (AvgIpc) is 3.06. The predicted octanol–water partition coefficient (Wildman–Crippen LogP) is 6.24. The number of esters is 1. The molecule has 0 spiro atoms. The number of anilines is 1. The first-order valence-corrected chi connectivity index (χ1v) is 10.9. The lowest BCUT2D eigenvalue weighted by Gasteiger charge is -2.19. The van der Waals surface area contributed by atoms with Gasteiger partial charge in [-0.25, -0.2) is 4.79 Å². The molecule has 0 unspecified atom stereocenters. The van der Waals surface area contributed by atoms with Crippen LogP contribution < -0.4 is 4.90 Å². The zero-order chi connectivity index (χ0) is 22.8. The highest BCUT2D eigenvalue weighted by atomic mass is 35.5. The van der Waals surface area contributed by atoms with Gasteiger partial charge in [0.25, 0.3) is 5.91 Å². The second kappa shape index (κ2) is 9.01. The molecule has 1 amide bonds. The predicted molar refractivity (Wildman–Crippen MR) is 129 cm³/mol. The molecule has 1 aliphatic heterocycles. The van der Waals surface area contributed by atoms with Gasteiger partial charge in [-0.2, -0.15) is 0 Å². The monoisotopic (exact) mass is 445 g/mol. The molecule has 4 nitrogen and oxygen atoms in total. The number of fused-ring (bicyclic) bond motifs is 1. The molecule has 0 fully saturated rings. The number of hydrogen-bond donors (Lipinski definition) is 0. The van der Waals surface area contributed by atoms with Gasteiger partial charge in [-0.1, -0.05) is 67.9 Å². The van der Waals surface area contributed by atoms with Crippen molar-refractivity contribution in [1.82, 2.24) is 0 Å². The maximum atomic E-state index is 13.8. The van der Waals surface area contributed by atoms with E-state index < -0.39 is 5.97 Å². The van der Waals surface area contributed by atoms with Gasteiger partial charge in [-0.15, -0.1) is 0 Å². The molecule has 162 valence electrons. The fourth-order valence-corrected chi connectivity index (χ4v) is 4.32. The molecule has 0 N–H and O–H groups in total. The number of amides is 1. The normalized spacial score (nSPS) is 14.5. The highest BCUT2D eigenvalue weighted by molar-refractivity contribution is 6.37. The van der Waals surface area contributed by atoms with Crippen molar-refractivity contribution in [3.05, 3.63) is 100 Å². The van der Waals surface area contributed by atoms with E-state index in [0.29, 0.717) is 22.7 Å². The summed E-state index contributed by atoms with van der Waals surface area (Å²) in [5, 5.41) is 0.659. The first-order chi connectivity index (χ1) is 15.4. The van der Waals surface area contributed by atoms with Crippen molar-refractivity contribution in [3.63, 3.8) is 0 Å². The highest BCUT2D eigenvalue weighted by Gasteiger charge is 2.35. The summed E-state index contributed by atoms with van der Waals surface area (Å²) in [6.45, 7) is 4.54. The van der Waals surface area contributed by atoms with Crippen LogP contribution in [0.4, 0.5) is 5.69 Å². The number of carbonyl (C=O) groups is 2. The van der Waals surface area contributed by atoms with Gasteiger partial charge in [0.2, 0.25) is 0 Å². The number of para-hydroxylation sites is 1. The Bertz CT molecular complexity index is 1210. The lowest BCUT2D eigenvalue weighted by Crippen LogP contribution is -2.26. The number of halogens is 1. The molecule has 5 heteroatoms. The standard InChI is InChI=1S/C27H24ClNO3/c1-17(2)24(19-11-13-21(28)14-12-19)25-22-9-4-5-10-23(22)29(26(25)30)16-18-7-6-8-20(15-18)27(31)32-3/h4-15,17H,16H2,1-3H3/b25-24-. The first-order valence-electron chi connectivity index (χ1n) is 10.5. The maximum absolute atomic E-state index is 13.8. The van der Waals surface area contributed by atoms with Crippen molar-refractivity contribution in [1.29, 1.82) is 0 Å². The number of nitrogens with zero attached hydrogens (tertiary/aromatic N) is 1. The minimum Gasteiger partial charge on any atom is -0.465 e. The van der Waals surface area contributed by atoms with Crippen molar-refractivity contribution in [2.45, 2.75) is 20.4 Å². The van der Waals surface area contributed by atoms with Crippen LogP contribution in [0.15, 0.2) is 72.8 Å². The molecule has 0 saturated heterocycles. The maximum Gasteiger partial charge on any atom is 0.337 e. The summed E-state index contributed by atoms with van der Waals surface area (Å²) in [7, 11) is 1.36. The molecule has 0 bridgehead atoms. The molecule has 1 heterocycles. The summed E-state index contributed by atoms with van der Waals surface area (Å²) in [4.78, 5) is 27.5. The summed E-state index contributed by atoms with van der Waals surface area (Å²) < 4.78 is 4.83. The van der Waals surface area contributed by atoms with E-state index in [0.717, 1.165) is 28.0 Å². The molecule has 0 atom stereocenters. The third kappa shape index (κ3) is 4.06. The van der Waals surface area contributed by atoms with Crippen molar-refractivity contribution < 1.29 is 14.3 Å². The molecule has 0 saturated carbocycles. The Hall–Kier alpha value is -3.37. The fourth-order valence-electron chi connectivity index (χ4n) is 4.19. The van der Waals surface area contributed by atoms with Crippen LogP contribution in [0.1, 0.15) is 40.9 Å². The number of allylic oxidation sites excluding steroid dienone is 1. The Morgan fingerprint density at radius 1 is 0.969 bits per heavy atom. The van der Waals surface area contributed by atoms with Crippen molar-refractivity contribution in [2.75, 3.05) is 12.0 Å². The van der Waals surface area contributed by atoms with Gasteiger partial charge in [0.05, 0.1) is 30.5 Å². The molecular weight excluding hydrogens is 422 g/mol. The van der Waals surface area contributed by atoms with Crippen LogP contribution in [0.3, 0.4) is 0 Å². The zero-order valence-electron chi connectivity index (χ0n) is 18.3. The van der Waals surface area contributed by atoms with E-state index in [1.165, 1.54) is 7.11 Å². The third-order valence-corrected chi connectivity index (χ3v) is 5.87. The van der Waals surface area contributed by atoms with E-state index >= 15 is 0 Å². The molecule has 3 aromatic rings. The Labute approximate surface area is 193 Å². The Morgan fingerprint density at radius 3 is 2.38 bits per heavy atom. The first kappa shape index (κ1) is 21.8. The Morgan fingerprint density at radius 2 is 1.69 bits per heavy atom. The Balaban J connectivity index is 1.81. The Kier molecular flexibility index (Phi) is 6.15. The number of ether oxygens (including phenoxy) is 1. The number of benzene rings is 3. The van der Waals surface area contributed by atoms with Gasteiger partial charge >= 0.3 is 5.97 Å². The smallest absolute Gasteiger partial charge is 0.337 e. The summed E-state index contributed by atoms with van der Waals surface area (Å²) in [5.74, 6) is -0.315. The van der Waals surface area contributed by atoms with Gasteiger partial charge in [0.15, 0.2) is 0 Å². The summed E-state index contributed by atoms with van der Waals surface area (Å²) >= 11 is 6.10. The van der Waals surface area contributed by atoms with E-state index in [2.05, 4.69) is 13.8 Å². The topological polar surface area (TPSA) is 46.6 Å². The molecule has 1 aliphatic rings. The summed E-state index contributed by atoms with van der Waals surface area (Å²) in [6, 6.07) is 22.6. The zero-order valence-corrected chi connectivity index (χ0v) is 19.0. The average molecular weight is 446 g/mol. The molecule has 0 radical (unpaired) electrons. The second-order valence-corrected chi connectivity index (χ2v) is 8.49. The van der Waals surface area contributed by atoms with Gasteiger partial charge in [-0.3, -0.25) is 4.79 Å². The van der Waals surface area contributed by atoms with E-state index in [4.69, 9.17) is 16.3 Å². The fraction of sp³-hybridized carbons (Fsp3) is 0.185. The van der Waals surface area contributed by atoms with Gasteiger partial charge in [0, 0.05) is 10.6 Å². The van der Waals surface area contributed by atoms with E-state index in [-0.39, 0.29) is 11.8 Å². The minimum atomic E-state index is -0.398. The van der Waals surface area contributed by atoms with Crippen molar-refractivity contribution in [3.8, 4) is 0 Å². The van der Waals surface area contributed by atoms with Crippen LogP contribution in [0.25, 0.3) is 11.1 Å². The van der Waals surface area contributed by atoms with Crippen molar-refractivity contribution in [2.24, 2.45) is 5.92 Å². The number of carbonyl (C=O) groups excluding carboxylic acids is 2. The summed E-state index contributed by atoms with van der Waals surface area (Å²) in [6.07, 6.45) is 0. The van der Waals surface area contributed by atoms with Crippen LogP contribution in [-0.4, -0.2) is 19.0 Å². The molecule has 3 aromatic carbocycles.